The number of hydrogen-bond donors (Lipinski definition) is 1. The molecule has 0 radical (unpaired) electrons. The van der Waals surface area contributed by atoms with Gasteiger partial charge in [-0.15, -0.1) is 0 Å². The van der Waals surface area contributed by atoms with E-state index in [4.69, 9.17) is 11.6 Å². The number of likely N-dealkylation sites (tertiary alicyclic amines) is 1. The van der Waals surface area contributed by atoms with Crippen molar-refractivity contribution in [1.82, 2.24) is 15.2 Å². The van der Waals surface area contributed by atoms with Gasteiger partial charge in [-0.05, 0) is 55.0 Å². The Bertz CT molecular complexity index is 772. The maximum atomic E-state index is 12.4. The first-order chi connectivity index (χ1) is 13.6. The summed E-state index contributed by atoms with van der Waals surface area (Å²) >= 11 is 5.89. The van der Waals surface area contributed by atoms with Crippen LogP contribution in [0.3, 0.4) is 0 Å². The van der Waals surface area contributed by atoms with Crippen molar-refractivity contribution in [3.63, 3.8) is 0 Å². The molecule has 0 saturated carbocycles. The molecule has 1 saturated heterocycles. The van der Waals surface area contributed by atoms with E-state index in [1.165, 1.54) is 5.56 Å². The Balaban J connectivity index is 1.35. The number of nitrogens with one attached hydrogen (secondary N) is 1. The second kappa shape index (κ2) is 10.2. The zero-order chi connectivity index (χ0) is 19.8. The Kier molecular flexibility index (Phi) is 7.43. The molecule has 6 heteroatoms. The van der Waals surface area contributed by atoms with Gasteiger partial charge in [0.15, 0.2) is 0 Å². The summed E-state index contributed by atoms with van der Waals surface area (Å²) in [6.07, 6.45) is 7.16. The maximum Gasteiger partial charge on any atom is 0.223 e. The molecular formula is C22H26ClN3O2. The Morgan fingerprint density at radius 1 is 1.11 bits per heavy atom. The van der Waals surface area contributed by atoms with Crippen LogP contribution >= 0.6 is 11.6 Å². The predicted octanol–water partition coefficient (Wildman–Crippen LogP) is 3.61. The van der Waals surface area contributed by atoms with Crippen LogP contribution < -0.4 is 5.32 Å². The molecule has 1 fully saturated rings. The van der Waals surface area contributed by atoms with Crippen LogP contribution in [0.5, 0.6) is 0 Å². The molecule has 5 nitrogen and oxygen atoms in total. The molecular weight excluding hydrogens is 374 g/mol. The van der Waals surface area contributed by atoms with Crippen LogP contribution in [0.1, 0.15) is 36.8 Å². The van der Waals surface area contributed by atoms with Gasteiger partial charge in [-0.3, -0.25) is 14.6 Å². The molecule has 0 atom stereocenters. The molecule has 1 aromatic carbocycles. The third-order valence-electron chi connectivity index (χ3n) is 5.18. The van der Waals surface area contributed by atoms with Gasteiger partial charge in [-0.2, -0.15) is 0 Å². The summed E-state index contributed by atoms with van der Waals surface area (Å²) < 4.78 is 0. The number of halogens is 1. The average molecular weight is 400 g/mol. The molecule has 2 aromatic rings. The van der Waals surface area contributed by atoms with Gasteiger partial charge in [0.05, 0.1) is 0 Å². The normalized spacial score (nSPS) is 14.7. The van der Waals surface area contributed by atoms with Gasteiger partial charge >= 0.3 is 0 Å². The number of amides is 2. The van der Waals surface area contributed by atoms with E-state index in [9.17, 15) is 9.59 Å². The highest BCUT2D eigenvalue weighted by molar-refractivity contribution is 6.30. The molecule has 3 rings (SSSR count). The number of rotatable bonds is 7. The number of benzene rings is 1. The van der Waals surface area contributed by atoms with Gasteiger partial charge in [0.2, 0.25) is 11.8 Å². The second-order valence-electron chi connectivity index (χ2n) is 7.21. The molecule has 148 valence electrons. The highest BCUT2D eigenvalue weighted by atomic mass is 35.5. The number of carbonyl (C=O) groups excluding carboxylic acids is 2. The minimum absolute atomic E-state index is 0.0187. The quantitative estimate of drug-likeness (QED) is 0.773. The van der Waals surface area contributed by atoms with E-state index >= 15 is 0 Å². The molecule has 1 aliphatic rings. The fourth-order valence-electron chi connectivity index (χ4n) is 3.48. The lowest BCUT2D eigenvalue weighted by molar-refractivity contribution is -0.135. The number of aromatic nitrogens is 1. The van der Waals surface area contributed by atoms with Crippen LogP contribution in [0, 0.1) is 5.92 Å². The zero-order valence-electron chi connectivity index (χ0n) is 15.9. The topological polar surface area (TPSA) is 62.3 Å². The van der Waals surface area contributed by atoms with Crippen LogP contribution in [0.4, 0.5) is 0 Å². The lowest BCUT2D eigenvalue weighted by Gasteiger charge is -2.31. The first kappa shape index (κ1) is 20.3. The van der Waals surface area contributed by atoms with Crippen molar-refractivity contribution in [2.45, 2.75) is 38.6 Å². The Morgan fingerprint density at radius 3 is 2.54 bits per heavy atom. The molecule has 0 bridgehead atoms. The van der Waals surface area contributed by atoms with Crippen molar-refractivity contribution in [1.29, 1.82) is 0 Å². The van der Waals surface area contributed by atoms with Crippen molar-refractivity contribution in [2.75, 3.05) is 13.1 Å². The molecule has 0 spiro atoms. The third kappa shape index (κ3) is 6.06. The fraction of sp³-hybridized carbons (Fsp3) is 0.409. The van der Waals surface area contributed by atoms with Gasteiger partial charge in [0.1, 0.15) is 0 Å². The summed E-state index contributed by atoms with van der Waals surface area (Å²) in [4.78, 5) is 30.7. The number of carbonyl (C=O) groups is 2. The van der Waals surface area contributed by atoms with E-state index in [1.807, 2.05) is 41.3 Å². The monoisotopic (exact) mass is 399 g/mol. The first-order valence-electron chi connectivity index (χ1n) is 9.80. The van der Waals surface area contributed by atoms with E-state index in [1.54, 1.807) is 12.4 Å². The van der Waals surface area contributed by atoms with Crippen LogP contribution in [0.2, 0.25) is 5.02 Å². The van der Waals surface area contributed by atoms with Gasteiger partial charge in [-0.25, -0.2) is 0 Å². The zero-order valence-corrected chi connectivity index (χ0v) is 16.7. The summed E-state index contributed by atoms with van der Waals surface area (Å²) in [6.45, 7) is 1.81. The summed E-state index contributed by atoms with van der Waals surface area (Å²) in [5.74, 6) is 0.233. The Labute approximate surface area is 171 Å². The first-order valence-corrected chi connectivity index (χ1v) is 10.2. The summed E-state index contributed by atoms with van der Waals surface area (Å²) in [7, 11) is 0. The fourth-order valence-corrected chi connectivity index (χ4v) is 3.61. The number of nitrogens with zero attached hydrogens (tertiary/aromatic N) is 2. The SMILES string of the molecule is O=C(NCc1cccnc1)C1CCN(C(=O)CCCc2ccc(Cl)cc2)CC1. The van der Waals surface area contributed by atoms with Crippen LogP contribution in [-0.2, 0) is 22.6 Å². The predicted molar refractivity (Wildman–Crippen MR) is 110 cm³/mol. The maximum absolute atomic E-state index is 12.4. The van der Waals surface area contributed by atoms with Crippen molar-refractivity contribution in [2.24, 2.45) is 5.92 Å². The van der Waals surface area contributed by atoms with E-state index < -0.39 is 0 Å². The van der Waals surface area contributed by atoms with Crippen molar-refractivity contribution < 1.29 is 9.59 Å². The van der Waals surface area contributed by atoms with Crippen LogP contribution in [0.15, 0.2) is 48.8 Å². The lowest BCUT2D eigenvalue weighted by Crippen LogP contribution is -2.42. The number of hydrogen-bond acceptors (Lipinski definition) is 3. The Morgan fingerprint density at radius 2 is 1.86 bits per heavy atom. The summed E-state index contributed by atoms with van der Waals surface area (Å²) in [6, 6.07) is 11.6. The van der Waals surface area contributed by atoms with Gasteiger partial charge < -0.3 is 10.2 Å². The molecule has 0 aliphatic carbocycles. The Hall–Kier alpha value is -2.40. The second-order valence-corrected chi connectivity index (χ2v) is 7.65. The largest absolute Gasteiger partial charge is 0.352 e. The highest BCUT2D eigenvalue weighted by Gasteiger charge is 2.26. The number of pyridine rings is 1. The highest BCUT2D eigenvalue weighted by Crippen LogP contribution is 2.19. The molecule has 0 unspecified atom stereocenters. The minimum atomic E-state index is -0.0187. The van der Waals surface area contributed by atoms with E-state index in [0.717, 1.165) is 36.3 Å². The van der Waals surface area contributed by atoms with Gasteiger partial charge in [0.25, 0.3) is 0 Å². The number of piperidine rings is 1. The lowest BCUT2D eigenvalue weighted by atomic mass is 9.95. The van der Waals surface area contributed by atoms with Crippen molar-refractivity contribution in [3.8, 4) is 0 Å². The van der Waals surface area contributed by atoms with Gasteiger partial charge in [0, 0.05) is 49.4 Å². The summed E-state index contributed by atoms with van der Waals surface area (Å²) in [5, 5.41) is 3.71. The smallest absolute Gasteiger partial charge is 0.223 e. The van der Waals surface area contributed by atoms with E-state index in [-0.39, 0.29) is 17.7 Å². The van der Waals surface area contributed by atoms with Crippen LogP contribution in [0.25, 0.3) is 0 Å². The molecule has 1 aromatic heterocycles. The van der Waals surface area contributed by atoms with Crippen molar-refractivity contribution >= 4 is 23.4 Å². The minimum Gasteiger partial charge on any atom is -0.352 e. The average Bonchev–Trinajstić information content (AvgIpc) is 2.74. The van der Waals surface area contributed by atoms with E-state index in [0.29, 0.717) is 26.1 Å². The van der Waals surface area contributed by atoms with E-state index in [2.05, 4.69) is 10.3 Å². The third-order valence-corrected chi connectivity index (χ3v) is 5.43. The molecule has 1 N–H and O–H groups in total. The summed E-state index contributed by atoms with van der Waals surface area (Å²) in [5.41, 5.74) is 2.19. The molecule has 28 heavy (non-hydrogen) atoms. The van der Waals surface area contributed by atoms with Crippen molar-refractivity contribution in [3.05, 3.63) is 64.9 Å². The molecule has 2 heterocycles. The molecule has 2 amide bonds. The van der Waals surface area contributed by atoms with Crippen LogP contribution in [-0.4, -0.2) is 34.8 Å². The standard InChI is InChI=1S/C22H26ClN3O2/c23-20-8-6-17(7-9-20)3-1-5-21(27)26-13-10-19(11-14-26)22(28)25-16-18-4-2-12-24-15-18/h2,4,6-9,12,15,19H,1,3,5,10-11,13-14,16H2,(H,25,28). The number of aryl methyl sites for hydroxylation is 1. The molecule has 1 aliphatic heterocycles. The van der Waals surface area contributed by atoms with Gasteiger partial charge in [-0.1, -0.05) is 29.8 Å².